The lowest BCUT2D eigenvalue weighted by Gasteiger charge is -2.21. The highest BCUT2D eigenvalue weighted by atomic mass is 15.1. The van der Waals surface area contributed by atoms with E-state index in [9.17, 15) is 0 Å². The molecule has 0 aromatic heterocycles. The fourth-order valence-corrected chi connectivity index (χ4v) is 1.63. The molecule has 0 radical (unpaired) electrons. The lowest BCUT2D eigenvalue weighted by molar-refractivity contribution is 0.276. The molecule has 0 fully saturated rings. The summed E-state index contributed by atoms with van der Waals surface area (Å²) in [4.78, 5) is 4.67. The Bertz CT molecular complexity index is 173. The van der Waals surface area contributed by atoms with Gasteiger partial charge in [-0.05, 0) is 67.8 Å². The van der Waals surface area contributed by atoms with Crippen molar-refractivity contribution in [2.45, 2.75) is 45.6 Å². The number of rotatable bonds is 9. The summed E-state index contributed by atoms with van der Waals surface area (Å²) in [5.41, 5.74) is 0.266. The zero-order valence-electron chi connectivity index (χ0n) is 12.8. The second-order valence-corrected chi connectivity index (χ2v) is 6.34. The molecule has 17 heavy (non-hydrogen) atoms. The lowest BCUT2D eigenvalue weighted by atomic mass is 10.1. The molecular formula is C14H33N3. The minimum Gasteiger partial charge on any atom is -0.312 e. The molecule has 0 amide bonds. The van der Waals surface area contributed by atoms with Crippen LogP contribution in [0.1, 0.15) is 40.0 Å². The van der Waals surface area contributed by atoms with E-state index >= 15 is 0 Å². The van der Waals surface area contributed by atoms with Gasteiger partial charge in [0.25, 0.3) is 0 Å². The second-order valence-electron chi connectivity index (χ2n) is 6.34. The second kappa shape index (κ2) is 8.90. The fraction of sp³-hybridized carbons (Fsp3) is 1.00. The largest absolute Gasteiger partial charge is 0.312 e. The van der Waals surface area contributed by atoms with E-state index in [0.29, 0.717) is 0 Å². The molecule has 0 bridgehead atoms. The average Bonchev–Trinajstić information content (AvgIpc) is 2.18. The van der Waals surface area contributed by atoms with Crippen molar-refractivity contribution in [2.75, 3.05) is 47.3 Å². The van der Waals surface area contributed by atoms with Crippen molar-refractivity contribution in [3.8, 4) is 0 Å². The van der Waals surface area contributed by atoms with Gasteiger partial charge in [-0.3, -0.25) is 0 Å². The molecule has 0 aromatic carbocycles. The molecule has 0 atom stereocenters. The Labute approximate surface area is 109 Å². The quantitative estimate of drug-likeness (QED) is 0.625. The van der Waals surface area contributed by atoms with Gasteiger partial charge in [0, 0.05) is 18.6 Å². The number of nitrogens with zero attached hydrogens (tertiary/aromatic N) is 2. The normalized spacial score (nSPS) is 12.7. The first-order valence-electron chi connectivity index (χ1n) is 6.89. The predicted octanol–water partition coefficient (Wildman–Crippen LogP) is 2.04. The molecule has 3 nitrogen and oxygen atoms in total. The van der Waals surface area contributed by atoms with Gasteiger partial charge >= 0.3 is 0 Å². The third kappa shape index (κ3) is 13.8. The van der Waals surface area contributed by atoms with Crippen LogP contribution in [-0.2, 0) is 0 Å². The first-order chi connectivity index (χ1) is 7.81. The summed E-state index contributed by atoms with van der Waals surface area (Å²) in [5, 5.41) is 3.53. The highest BCUT2D eigenvalue weighted by molar-refractivity contribution is 4.69. The third-order valence-corrected chi connectivity index (χ3v) is 2.80. The number of likely N-dealkylation sites (N-methyl/N-ethyl adjacent to an activating group) is 2. The smallest absolute Gasteiger partial charge is 0.0106 e. The molecule has 0 spiro atoms. The number of nitrogens with one attached hydrogen (secondary N) is 1. The number of hydrogen-bond donors (Lipinski definition) is 1. The van der Waals surface area contributed by atoms with Crippen LogP contribution in [0.25, 0.3) is 0 Å². The van der Waals surface area contributed by atoms with Crippen LogP contribution in [0.4, 0.5) is 0 Å². The molecule has 104 valence electrons. The Balaban J connectivity index is 3.28. The van der Waals surface area contributed by atoms with Gasteiger partial charge in [0.2, 0.25) is 0 Å². The van der Waals surface area contributed by atoms with Crippen molar-refractivity contribution in [3.05, 3.63) is 0 Å². The Kier molecular flexibility index (Phi) is 8.83. The molecule has 0 saturated carbocycles. The van der Waals surface area contributed by atoms with E-state index < -0.39 is 0 Å². The van der Waals surface area contributed by atoms with Crippen LogP contribution < -0.4 is 5.32 Å². The van der Waals surface area contributed by atoms with Crippen LogP contribution in [0.5, 0.6) is 0 Å². The van der Waals surface area contributed by atoms with Crippen LogP contribution in [-0.4, -0.2) is 62.7 Å². The van der Waals surface area contributed by atoms with E-state index in [4.69, 9.17) is 0 Å². The van der Waals surface area contributed by atoms with Crippen LogP contribution in [0.3, 0.4) is 0 Å². The maximum atomic E-state index is 3.53. The maximum Gasteiger partial charge on any atom is 0.0106 e. The fourth-order valence-electron chi connectivity index (χ4n) is 1.63. The summed E-state index contributed by atoms with van der Waals surface area (Å²) in [7, 11) is 6.48. The van der Waals surface area contributed by atoms with Crippen molar-refractivity contribution in [3.63, 3.8) is 0 Å². The summed E-state index contributed by atoms with van der Waals surface area (Å²) in [6.45, 7) is 11.4. The van der Waals surface area contributed by atoms with Gasteiger partial charge in [-0.1, -0.05) is 6.42 Å². The van der Waals surface area contributed by atoms with Crippen molar-refractivity contribution in [1.29, 1.82) is 0 Å². The molecular weight excluding hydrogens is 210 g/mol. The Hall–Kier alpha value is -0.120. The van der Waals surface area contributed by atoms with E-state index in [1.807, 2.05) is 0 Å². The number of hydrogen-bond acceptors (Lipinski definition) is 3. The summed E-state index contributed by atoms with van der Waals surface area (Å²) >= 11 is 0. The molecule has 0 unspecified atom stereocenters. The number of unbranched alkanes of at least 4 members (excludes halogenated alkanes) is 2. The molecule has 0 rings (SSSR count). The topological polar surface area (TPSA) is 18.5 Å². The van der Waals surface area contributed by atoms with E-state index in [-0.39, 0.29) is 5.54 Å². The van der Waals surface area contributed by atoms with Gasteiger partial charge in [0.1, 0.15) is 0 Å². The third-order valence-electron chi connectivity index (χ3n) is 2.80. The van der Waals surface area contributed by atoms with Crippen molar-refractivity contribution in [2.24, 2.45) is 0 Å². The summed E-state index contributed by atoms with van der Waals surface area (Å²) < 4.78 is 0. The van der Waals surface area contributed by atoms with Gasteiger partial charge in [0.05, 0.1) is 0 Å². The van der Waals surface area contributed by atoms with Crippen LogP contribution in [0.15, 0.2) is 0 Å². The zero-order chi connectivity index (χ0) is 13.3. The molecule has 1 N–H and O–H groups in total. The molecule has 0 aromatic rings. The first kappa shape index (κ1) is 16.9. The standard InChI is InChI=1S/C14H33N3/c1-14(2,3)15-10-8-7-9-11-17(6)13-12-16(4)5/h15H,7-13H2,1-6H3. The van der Waals surface area contributed by atoms with Crippen LogP contribution >= 0.6 is 0 Å². The Morgan fingerprint density at radius 2 is 1.47 bits per heavy atom. The SMILES string of the molecule is CN(C)CCN(C)CCCCCNC(C)(C)C. The Morgan fingerprint density at radius 1 is 0.824 bits per heavy atom. The molecule has 3 heteroatoms. The van der Waals surface area contributed by atoms with E-state index in [1.165, 1.54) is 32.4 Å². The van der Waals surface area contributed by atoms with Gasteiger partial charge in [-0.25, -0.2) is 0 Å². The summed E-state index contributed by atoms with van der Waals surface area (Å²) in [5.74, 6) is 0. The van der Waals surface area contributed by atoms with Gasteiger partial charge in [-0.2, -0.15) is 0 Å². The van der Waals surface area contributed by atoms with Crippen LogP contribution in [0, 0.1) is 0 Å². The summed E-state index contributed by atoms with van der Waals surface area (Å²) in [6, 6.07) is 0. The van der Waals surface area contributed by atoms with E-state index in [1.54, 1.807) is 0 Å². The van der Waals surface area contributed by atoms with Crippen LogP contribution in [0.2, 0.25) is 0 Å². The lowest BCUT2D eigenvalue weighted by Crippen LogP contribution is -2.36. The van der Waals surface area contributed by atoms with E-state index in [2.05, 4.69) is 57.0 Å². The molecule has 0 saturated heterocycles. The first-order valence-corrected chi connectivity index (χ1v) is 6.89. The average molecular weight is 243 g/mol. The molecule has 0 aliphatic carbocycles. The van der Waals surface area contributed by atoms with Crippen molar-refractivity contribution in [1.82, 2.24) is 15.1 Å². The van der Waals surface area contributed by atoms with Gasteiger partial charge in [0.15, 0.2) is 0 Å². The highest BCUT2D eigenvalue weighted by Crippen LogP contribution is 2.01. The predicted molar refractivity (Wildman–Crippen MR) is 77.7 cm³/mol. The van der Waals surface area contributed by atoms with Gasteiger partial charge < -0.3 is 15.1 Å². The van der Waals surface area contributed by atoms with E-state index in [0.717, 1.165) is 13.1 Å². The zero-order valence-corrected chi connectivity index (χ0v) is 12.8. The minimum absolute atomic E-state index is 0.266. The maximum absolute atomic E-state index is 3.53. The van der Waals surface area contributed by atoms with Gasteiger partial charge in [-0.15, -0.1) is 0 Å². The molecule has 0 aliphatic heterocycles. The highest BCUT2D eigenvalue weighted by Gasteiger charge is 2.07. The minimum atomic E-state index is 0.266. The summed E-state index contributed by atoms with van der Waals surface area (Å²) in [6.07, 6.45) is 3.93. The Morgan fingerprint density at radius 3 is 2.00 bits per heavy atom. The van der Waals surface area contributed by atoms with Crippen molar-refractivity contribution < 1.29 is 0 Å². The van der Waals surface area contributed by atoms with Crippen molar-refractivity contribution >= 4 is 0 Å². The molecule has 0 aliphatic rings. The molecule has 0 heterocycles. The monoisotopic (exact) mass is 243 g/mol.